The van der Waals surface area contributed by atoms with E-state index in [1.165, 1.54) is 11.3 Å². The number of fused-ring (bicyclic) bond motifs is 1. The smallest absolute Gasteiger partial charge is 0.226 e. The molecular formula is C19H21ClN2O2. The Labute approximate surface area is 147 Å². The molecule has 1 amide bonds. The monoisotopic (exact) mass is 344 g/mol. The van der Waals surface area contributed by atoms with Gasteiger partial charge in [0.2, 0.25) is 5.91 Å². The molecule has 1 heterocycles. The maximum absolute atomic E-state index is 12.2. The van der Waals surface area contributed by atoms with Gasteiger partial charge in [-0.2, -0.15) is 0 Å². The molecule has 3 rings (SSSR count). The Balaban J connectivity index is 1.59. The first kappa shape index (κ1) is 16.7. The molecule has 1 aliphatic rings. The molecule has 1 N–H and O–H groups in total. The Kier molecular flexibility index (Phi) is 4.95. The number of ether oxygens (including phenoxy) is 1. The van der Waals surface area contributed by atoms with Crippen LogP contribution in [0.1, 0.15) is 18.9 Å². The fourth-order valence-electron chi connectivity index (χ4n) is 3.16. The third-order valence-electron chi connectivity index (χ3n) is 4.36. The fourth-order valence-corrected chi connectivity index (χ4v) is 3.42. The quantitative estimate of drug-likeness (QED) is 0.886. The lowest BCUT2D eigenvalue weighted by Gasteiger charge is -2.24. The number of nitrogens with one attached hydrogen (secondary N) is 1. The first-order valence-corrected chi connectivity index (χ1v) is 8.44. The molecule has 0 spiro atoms. The highest BCUT2D eigenvalue weighted by atomic mass is 35.5. The number of nitrogens with zero attached hydrogens (tertiary/aromatic N) is 1. The third-order valence-corrected chi connectivity index (χ3v) is 4.66. The number of hydrogen-bond donors (Lipinski definition) is 1. The predicted molar refractivity (Wildman–Crippen MR) is 98.2 cm³/mol. The molecule has 0 aliphatic carbocycles. The summed E-state index contributed by atoms with van der Waals surface area (Å²) in [5.41, 5.74) is 3.28. The highest BCUT2D eigenvalue weighted by molar-refractivity contribution is 6.32. The molecule has 2 aromatic rings. The number of para-hydroxylation sites is 1. The van der Waals surface area contributed by atoms with E-state index in [4.69, 9.17) is 16.3 Å². The van der Waals surface area contributed by atoms with Gasteiger partial charge in [-0.25, -0.2) is 0 Å². The minimum Gasteiger partial charge on any atom is -0.495 e. The number of carbonyl (C=O) groups is 1. The zero-order valence-corrected chi connectivity index (χ0v) is 14.6. The van der Waals surface area contributed by atoms with Crippen molar-refractivity contribution in [1.82, 2.24) is 0 Å². The Morgan fingerprint density at radius 2 is 2.12 bits per heavy atom. The van der Waals surface area contributed by atoms with E-state index in [1.54, 1.807) is 25.3 Å². The highest BCUT2D eigenvalue weighted by Crippen LogP contribution is 2.32. The molecule has 1 atom stereocenters. The van der Waals surface area contributed by atoms with E-state index in [0.29, 0.717) is 35.5 Å². The van der Waals surface area contributed by atoms with Crippen LogP contribution in [0.5, 0.6) is 5.75 Å². The number of hydrogen-bond acceptors (Lipinski definition) is 3. The third kappa shape index (κ3) is 3.49. The Morgan fingerprint density at radius 3 is 2.88 bits per heavy atom. The summed E-state index contributed by atoms with van der Waals surface area (Å²) < 4.78 is 5.11. The van der Waals surface area contributed by atoms with Crippen LogP contribution in [-0.2, 0) is 11.2 Å². The van der Waals surface area contributed by atoms with Crippen molar-refractivity contribution in [2.24, 2.45) is 0 Å². The molecule has 1 unspecified atom stereocenters. The van der Waals surface area contributed by atoms with E-state index in [0.717, 1.165) is 6.42 Å². The lowest BCUT2D eigenvalue weighted by Crippen LogP contribution is -2.32. The summed E-state index contributed by atoms with van der Waals surface area (Å²) in [6.45, 7) is 2.90. The van der Waals surface area contributed by atoms with Crippen LogP contribution in [0.2, 0.25) is 5.02 Å². The lowest BCUT2D eigenvalue weighted by atomic mass is 10.1. The van der Waals surface area contributed by atoms with Crippen molar-refractivity contribution in [3.05, 3.63) is 53.1 Å². The average molecular weight is 345 g/mol. The number of rotatable bonds is 5. The van der Waals surface area contributed by atoms with Crippen molar-refractivity contribution in [3.63, 3.8) is 0 Å². The maximum Gasteiger partial charge on any atom is 0.226 e. The molecule has 0 saturated carbocycles. The van der Waals surface area contributed by atoms with Crippen LogP contribution in [0.15, 0.2) is 42.5 Å². The van der Waals surface area contributed by atoms with E-state index in [9.17, 15) is 4.79 Å². The van der Waals surface area contributed by atoms with Gasteiger partial charge in [0.1, 0.15) is 5.75 Å². The number of amides is 1. The molecule has 0 bridgehead atoms. The minimum absolute atomic E-state index is 0.0205. The van der Waals surface area contributed by atoms with Crippen molar-refractivity contribution < 1.29 is 9.53 Å². The van der Waals surface area contributed by atoms with Gasteiger partial charge in [0.15, 0.2) is 0 Å². The Bertz CT molecular complexity index is 748. The van der Waals surface area contributed by atoms with Crippen molar-refractivity contribution in [1.29, 1.82) is 0 Å². The normalized spacial score (nSPS) is 16.0. The molecule has 2 aromatic carbocycles. The first-order chi connectivity index (χ1) is 11.6. The van der Waals surface area contributed by atoms with Gasteiger partial charge in [-0.15, -0.1) is 0 Å². The highest BCUT2D eigenvalue weighted by Gasteiger charge is 2.25. The van der Waals surface area contributed by atoms with E-state index in [1.807, 2.05) is 6.07 Å². The summed E-state index contributed by atoms with van der Waals surface area (Å²) in [5.74, 6) is 0.574. The van der Waals surface area contributed by atoms with Crippen LogP contribution in [0.3, 0.4) is 0 Å². The zero-order valence-electron chi connectivity index (χ0n) is 13.9. The first-order valence-electron chi connectivity index (χ1n) is 8.06. The predicted octanol–water partition coefficient (Wildman–Crippen LogP) is 4.13. The summed E-state index contributed by atoms with van der Waals surface area (Å²) in [4.78, 5) is 14.5. The van der Waals surface area contributed by atoms with Gasteiger partial charge < -0.3 is 15.0 Å². The summed E-state index contributed by atoms with van der Waals surface area (Å²) in [6, 6.07) is 14.0. The van der Waals surface area contributed by atoms with Crippen LogP contribution >= 0.6 is 11.6 Å². The Hall–Kier alpha value is -2.20. The van der Waals surface area contributed by atoms with Crippen LogP contribution < -0.4 is 15.0 Å². The molecule has 4 nitrogen and oxygen atoms in total. The van der Waals surface area contributed by atoms with Gasteiger partial charge in [0, 0.05) is 30.4 Å². The summed E-state index contributed by atoms with van der Waals surface area (Å²) in [5, 5.41) is 3.37. The number of methoxy groups -OCH3 is 1. The van der Waals surface area contributed by atoms with Crippen LogP contribution in [0, 0.1) is 0 Å². The fraction of sp³-hybridized carbons (Fsp3) is 0.316. The molecule has 5 heteroatoms. The topological polar surface area (TPSA) is 41.6 Å². The SMILES string of the molecule is COc1ccc(NC(=O)CCN2c3ccccc3CC2C)cc1Cl. The van der Waals surface area contributed by atoms with Gasteiger partial charge >= 0.3 is 0 Å². The van der Waals surface area contributed by atoms with E-state index < -0.39 is 0 Å². The summed E-state index contributed by atoms with van der Waals surface area (Å²) in [7, 11) is 1.56. The molecule has 1 aliphatic heterocycles. The average Bonchev–Trinajstić information content (AvgIpc) is 2.88. The van der Waals surface area contributed by atoms with E-state index >= 15 is 0 Å². The number of benzene rings is 2. The van der Waals surface area contributed by atoms with Crippen molar-refractivity contribution in [2.45, 2.75) is 25.8 Å². The van der Waals surface area contributed by atoms with Crippen LogP contribution in [-0.4, -0.2) is 25.6 Å². The largest absolute Gasteiger partial charge is 0.495 e. The number of anilines is 2. The number of carbonyl (C=O) groups excluding carboxylic acids is 1. The van der Waals surface area contributed by atoms with Crippen LogP contribution in [0.25, 0.3) is 0 Å². The van der Waals surface area contributed by atoms with Gasteiger partial charge in [0.05, 0.1) is 12.1 Å². The second-order valence-corrected chi connectivity index (χ2v) is 6.43. The van der Waals surface area contributed by atoms with Crippen molar-refractivity contribution in [3.8, 4) is 5.75 Å². The maximum atomic E-state index is 12.2. The molecule has 0 fully saturated rings. The lowest BCUT2D eigenvalue weighted by molar-refractivity contribution is -0.116. The van der Waals surface area contributed by atoms with Crippen LogP contribution in [0.4, 0.5) is 11.4 Å². The second kappa shape index (κ2) is 7.14. The van der Waals surface area contributed by atoms with E-state index in [2.05, 4.69) is 35.3 Å². The Morgan fingerprint density at radius 1 is 1.33 bits per heavy atom. The van der Waals surface area contributed by atoms with Crippen molar-refractivity contribution in [2.75, 3.05) is 23.9 Å². The standard InChI is InChI=1S/C19H21ClN2O2/c1-13-11-14-5-3-4-6-17(14)22(13)10-9-19(23)21-15-7-8-18(24-2)16(20)12-15/h3-8,12-13H,9-11H2,1-2H3,(H,21,23). The second-order valence-electron chi connectivity index (χ2n) is 6.02. The molecule has 0 saturated heterocycles. The molecule has 24 heavy (non-hydrogen) atoms. The summed E-state index contributed by atoms with van der Waals surface area (Å²) in [6.07, 6.45) is 1.47. The molecule has 126 valence electrons. The zero-order chi connectivity index (χ0) is 17.1. The van der Waals surface area contributed by atoms with Gasteiger partial charge in [-0.05, 0) is 43.2 Å². The van der Waals surface area contributed by atoms with Gasteiger partial charge in [-0.3, -0.25) is 4.79 Å². The molecular weight excluding hydrogens is 324 g/mol. The van der Waals surface area contributed by atoms with Gasteiger partial charge in [0.25, 0.3) is 0 Å². The van der Waals surface area contributed by atoms with Gasteiger partial charge in [-0.1, -0.05) is 29.8 Å². The number of halogens is 1. The minimum atomic E-state index is -0.0205. The molecule has 0 radical (unpaired) electrons. The van der Waals surface area contributed by atoms with Crippen molar-refractivity contribution >= 4 is 28.9 Å². The molecule has 0 aromatic heterocycles. The van der Waals surface area contributed by atoms with E-state index in [-0.39, 0.29) is 5.91 Å². The summed E-state index contributed by atoms with van der Waals surface area (Å²) >= 11 is 6.08.